The van der Waals surface area contributed by atoms with Gasteiger partial charge in [-0.2, -0.15) is 0 Å². The zero-order valence-corrected chi connectivity index (χ0v) is 11.2. The van der Waals surface area contributed by atoms with E-state index < -0.39 is 11.1 Å². The maximum absolute atomic E-state index is 10.7. The highest BCUT2D eigenvalue weighted by molar-refractivity contribution is 6.27. The van der Waals surface area contributed by atoms with Crippen molar-refractivity contribution in [3.05, 3.63) is 35.4 Å². The number of halogens is 1. The number of hydrogen-bond acceptors (Lipinski definition) is 3. The normalized spacial score (nSPS) is 21.5. The third kappa shape index (κ3) is 2.74. The van der Waals surface area contributed by atoms with E-state index in [4.69, 9.17) is 11.6 Å². The SMILES string of the molecule is Cc1cccc(C2(O)CCN(C(Cl)C=O)CC2)c1. The zero-order valence-electron chi connectivity index (χ0n) is 10.5. The smallest absolute Gasteiger partial charge is 0.152 e. The number of hydrogen-bond donors (Lipinski definition) is 1. The minimum absolute atomic E-state index is 0.577. The first kappa shape index (κ1) is 13.5. The molecule has 1 aromatic carbocycles. The van der Waals surface area contributed by atoms with Crippen LogP contribution in [0.3, 0.4) is 0 Å². The summed E-state index contributed by atoms with van der Waals surface area (Å²) in [6.45, 7) is 3.29. The van der Waals surface area contributed by atoms with Crippen LogP contribution in [-0.4, -0.2) is 34.9 Å². The summed E-state index contributed by atoms with van der Waals surface area (Å²) in [5.41, 5.74) is 0.736. The molecule has 1 unspecified atom stereocenters. The summed E-state index contributed by atoms with van der Waals surface area (Å²) in [4.78, 5) is 12.5. The lowest BCUT2D eigenvalue weighted by Crippen LogP contribution is -2.45. The molecule has 1 N–H and O–H groups in total. The quantitative estimate of drug-likeness (QED) is 0.518. The van der Waals surface area contributed by atoms with Crippen LogP contribution in [0.2, 0.25) is 0 Å². The van der Waals surface area contributed by atoms with Gasteiger partial charge in [-0.25, -0.2) is 0 Å². The average molecular weight is 268 g/mol. The first-order chi connectivity index (χ1) is 8.55. The van der Waals surface area contributed by atoms with Crippen molar-refractivity contribution in [2.45, 2.75) is 30.9 Å². The van der Waals surface area contributed by atoms with Crippen LogP contribution >= 0.6 is 11.6 Å². The van der Waals surface area contributed by atoms with Crippen molar-refractivity contribution in [2.24, 2.45) is 0 Å². The first-order valence-electron chi connectivity index (χ1n) is 6.18. The summed E-state index contributed by atoms with van der Waals surface area (Å²) < 4.78 is 0. The molecule has 0 amide bonds. The third-order valence-electron chi connectivity index (χ3n) is 3.64. The Morgan fingerprint density at radius 3 is 2.67 bits per heavy atom. The van der Waals surface area contributed by atoms with Gasteiger partial charge in [0.2, 0.25) is 0 Å². The van der Waals surface area contributed by atoms with Gasteiger partial charge in [-0.05, 0) is 25.3 Å². The van der Waals surface area contributed by atoms with Gasteiger partial charge in [-0.1, -0.05) is 41.4 Å². The van der Waals surface area contributed by atoms with Gasteiger partial charge in [0, 0.05) is 13.1 Å². The lowest BCUT2D eigenvalue weighted by molar-refractivity contribution is -0.111. The Morgan fingerprint density at radius 2 is 2.11 bits per heavy atom. The van der Waals surface area contributed by atoms with Crippen molar-refractivity contribution in [2.75, 3.05) is 13.1 Å². The molecule has 98 valence electrons. The molecule has 1 saturated heterocycles. The number of carbonyl (C=O) groups excluding carboxylic acids is 1. The van der Waals surface area contributed by atoms with E-state index in [9.17, 15) is 9.90 Å². The number of benzene rings is 1. The maximum Gasteiger partial charge on any atom is 0.152 e. The fourth-order valence-electron chi connectivity index (χ4n) is 2.45. The second kappa shape index (κ2) is 5.39. The predicted molar refractivity (Wildman–Crippen MR) is 71.6 cm³/mol. The molecule has 1 fully saturated rings. The van der Waals surface area contributed by atoms with E-state index in [2.05, 4.69) is 0 Å². The molecule has 2 rings (SSSR count). The highest BCUT2D eigenvalue weighted by Gasteiger charge is 2.35. The summed E-state index contributed by atoms with van der Waals surface area (Å²) >= 11 is 5.88. The van der Waals surface area contributed by atoms with Gasteiger partial charge in [-0.15, -0.1) is 0 Å². The number of alkyl halides is 1. The number of carbonyl (C=O) groups is 1. The van der Waals surface area contributed by atoms with Crippen molar-refractivity contribution in [3.63, 3.8) is 0 Å². The van der Waals surface area contributed by atoms with E-state index in [1.54, 1.807) is 0 Å². The molecule has 0 radical (unpaired) electrons. The van der Waals surface area contributed by atoms with Gasteiger partial charge >= 0.3 is 0 Å². The van der Waals surface area contributed by atoms with Gasteiger partial charge in [0.05, 0.1) is 5.60 Å². The number of nitrogens with zero attached hydrogens (tertiary/aromatic N) is 1. The third-order valence-corrected chi connectivity index (χ3v) is 4.02. The van der Waals surface area contributed by atoms with Crippen molar-refractivity contribution in [1.29, 1.82) is 0 Å². The van der Waals surface area contributed by atoms with Crippen LogP contribution in [-0.2, 0) is 10.4 Å². The lowest BCUT2D eigenvalue weighted by atomic mass is 9.84. The second-order valence-corrected chi connectivity index (χ2v) is 5.39. The summed E-state index contributed by atoms with van der Waals surface area (Å²) in [6, 6.07) is 7.96. The molecule has 0 aliphatic carbocycles. The molecule has 1 atom stereocenters. The average Bonchev–Trinajstić information content (AvgIpc) is 2.39. The largest absolute Gasteiger partial charge is 0.385 e. The van der Waals surface area contributed by atoms with E-state index in [0.717, 1.165) is 17.4 Å². The van der Waals surface area contributed by atoms with Crippen LogP contribution in [0, 0.1) is 6.92 Å². The van der Waals surface area contributed by atoms with Crippen LogP contribution < -0.4 is 0 Å². The minimum atomic E-state index is -0.790. The molecule has 0 spiro atoms. The number of aldehydes is 1. The molecule has 1 heterocycles. The van der Waals surface area contributed by atoms with Gasteiger partial charge in [0.1, 0.15) is 5.50 Å². The fourth-order valence-corrected chi connectivity index (χ4v) is 2.65. The Bertz CT molecular complexity index is 428. The fraction of sp³-hybridized carbons (Fsp3) is 0.500. The van der Waals surface area contributed by atoms with Crippen molar-refractivity contribution >= 4 is 17.9 Å². The van der Waals surface area contributed by atoms with Crippen LogP contribution in [0.4, 0.5) is 0 Å². The number of piperidine rings is 1. The van der Waals surface area contributed by atoms with E-state index in [-0.39, 0.29) is 0 Å². The molecule has 0 bridgehead atoms. The predicted octanol–water partition coefficient (Wildman–Crippen LogP) is 2.04. The highest BCUT2D eigenvalue weighted by Crippen LogP contribution is 2.33. The maximum atomic E-state index is 10.7. The minimum Gasteiger partial charge on any atom is -0.385 e. The van der Waals surface area contributed by atoms with Crippen LogP contribution in [0.5, 0.6) is 0 Å². The molecule has 1 aliphatic rings. The second-order valence-electron chi connectivity index (χ2n) is 4.95. The number of aliphatic hydroxyl groups is 1. The summed E-state index contributed by atoms with van der Waals surface area (Å²) in [7, 11) is 0. The Balaban J connectivity index is 2.09. The molecule has 0 aromatic heterocycles. The van der Waals surface area contributed by atoms with Gasteiger partial charge in [0.15, 0.2) is 6.29 Å². The first-order valence-corrected chi connectivity index (χ1v) is 6.62. The molecule has 1 aromatic rings. The molecule has 1 aliphatic heterocycles. The molecule has 0 saturated carbocycles. The Morgan fingerprint density at radius 1 is 1.44 bits per heavy atom. The van der Waals surface area contributed by atoms with E-state index >= 15 is 0 Å². The van der Waals surface area contributed by atoms with Gasteiger partial charge in [0.25, 0.3) is 0 Å². The van der Waals surface area contributed by atoms with Crippen LogP contribution in [0.15, 0.2) is 24.3 Å². The molecular weight excluding hydrogens is 250 g/mol. The monoisotopic (exact) mass is 267 g/mol. The van der Waals surface area contributed by atoms with Crippen molar-refractivity contribution in [1.82, 2.24) is 4.90 Å². The lowest BCUT2D eigenvalue weighted by Gasteiger charge is -2.39. The van der Waals surface area contributed by atoms with Crippen LogP contribution in [0.25, 0.3) is 0 Å². The van der Waals surface area contributed by atoms with Gasteiger partial charge < -0.3 is 9.90 Å². The summed E-state index contributed by atoms with van der Waals surface area (Å²) in [6.07, 6.45) is 1.94. The Hall–Kier alpha value is -0.900. The zero-order chi connectivity index (χ0) is 13.2. The Labute approximate surface area is 112 Å². The van der Waals surface area contributed by atoms with E-state index in [0.29, 0.717) is 25.9 Å². The summed E-state index contributed by atoms with van der Waals surface area (Å²) in [5.74, 6) is 0. The topological polar surface area (TPSA) is 40.5 Å². The number of aryl methyl sites for hydroxylation is 1. The number of likely N-dealkylation sites (tertiary alicyclic amines) is 1. The molecule has 3 nitrogen and oxygen atoms in total. The molecule has 4 heteroatoms. The number of rotatable bonds is 3. The standard InChI is InChI=1S/C14H18ClNO2/c1-11-3-2-4-12(9-11)14(18)5-7-16(8-6-14)13(15)10-17/h2-4,9-10,13,18H,5-8H2,1H3. The Kier molecular flexibility index (Phi) is 4.05. The highest BCUT2D eigenvalue weighted by atomic mass is 35.5. The van der Waals surface area contributed by atoms with E-state index in [1.165, 1.54) is 0 Å². The van der Waals surface area contributed by atoms with E-state index in [1.807, 2.05) is 36.1 Å². The molecule has 18 heavy (non-hydrogen) atoms. The molecular formula is C14H18ClNO2. The van der Waals surface area contributed by atoms with Crippen molar-refractivity contribution in [3.8, 4) is 0 Å². The van der Waals surface area contributed by atoms with Crippen LogP contribution in [0.1, 0.15) is 24.0 Å². The van der Waals surface area contributed by atoms with Gasteiger partial charge in [-0.3, -0.25) is 4.90 Å². The summed E-state index contributed by atoms with van der Waals surface area (Å²) in [5, 5.41) is 10.7. The van der Waals surface area contributed by atoms with Crippen molar-refractivity contribution < 1.29 is 9.90 Å².